The molecule has 1 fully saturated rings. The van der Waals surface area contributed by atoms with Gasteiger partial charge in [-0.05, 0) is 43.9 Å². The van der Waals surface area contributed by atoms with Gasteiger partial charge in [-0.1, -0.05) is 36.8 Å². The van der Waals surface area contributed by atoms with Crippen LogP contribution in [0, 0.1) is 0 Å². The van der Waals surface area contributed by atoms with E-state index in [4.69, 9.17) is 16.2 Å². The van der Waals surface area contributed by atoms with E-state index in [2.05, 4.69) is 42.2 Å². The predicted molar refractivity (Wildman–Crippen MR) is 99.8 cm³/mol. The van der Waals surface area contributed by atoms with Crippen molar-refractivity contribution in [3.05, 3.63) is 54.1 Å². The summed E-state index contributed by atoms with van der Waals surface area (Å²) in [5.41, 5.74) is 14.2. The first kappa shape index (κ1) is 16.7. The molecule has 1 saturated heterocycles. The van der Waals surface area contributed by atoms with Crippen LogP contribution in [-0.4, -0.2) is 23.7 Å². The maximum atomic E-state index is 6.15. The van der Waals surface area contributed by atoms with Crippen LogP contribution >= 0.6 is 0 Å². The van der Waals surface area contributed by atoms with Crippen LogP contribution in [0.25, 0.3) is 0 Å². The zero-order valence-corrected chi connectivity index (χ0v) is 14.3. The molecule has 128 valence electrons. The van der Waals surface area contributed by atoms with Crippen molar-refractivity contribution in [1.29, 1.82) is 0 Å². The van der Waals surface area contributed by atoms with Crippen molar-refractivity contribution >= 4 is 11.4 Å². The molecule has 3 rings (SSSR count). The Kier molecular flexibility index (Phi) is 5.26. The number of benzene rings is 2. The molecule has 4 nitrogen and oxygen atoms in total. The monoisotopic (exact) mass is 325 g/mol. The Balaban J connectivity index is 1.68. The summed E-state index contributed by atoms with van der Waals surface area (Å²) in [5.74, 6) is 0.776. The highest BCUT2D eigenvalue weighted by Crippen LogP contribution is 2.26. The molecule has 24 heavy (non-hydrogen) atoms. The Bertz CT molecular complexity index is 659. The molecule has 0 saturated carbocycles. The third-order valence-electron chi connectivity index (χ3n) is 4.82. The smallest absolute Gasteiger partial charge is 0.150 e. The predicted octanol–water partition coefficient (Wildman–Crippen LogP) is 3.67. The molecule has 0 spiro atoms. The summed E-state index contributed by atoms with van der Waals surface area (Å²) >= 11 is 0. The zero-order chi connectivity index (χ0) is 16.9. The summed E-state index contributed by atoms with van der Waals surface area (Å²) in [6, 6.07) is 16.7. The minimum absolute atomic E-state index is 0.0158. The normalized spacial score (nSPS) is 19.8. The SMILES string of the molecule is CC(Oc1ccc(N)c(N)c1)N1CCCCC1Cc1ccccc1. The molecule has 0 bridgehead atoms. The summed E-state index contributed by atoms with van der Waals surface area (Å²) < 4.78 is 6.15. The van der Waals surface area contributed by atoms with Gasteiger partial charge in [0.05, 0.1) is 11.4 Å². The number of ether oxygens (including phenoxy) is 1. The molecule has 2 atom stereocenters. The number of piperidine rings is 1. The Morgan fingerprint density at radius 3 is 2.62 bits per heavy atom. The minimum Gasteiger partial charge on any atom is -0.475 e. The van der Waals surface area contributed by atoms with Crippen molar-refractivity contribution in [3.8, 4) is 5.75 Å². The third-order valence-corrected chi connectivity index (χ3v) is 4.82. The highest BCUT2D eigenvalue weighted by atomic mass is 16.5. The molecule has 4 heteroatoms. The van der Waals surface area contributed by atoms with Crippen LogP contribution in [0.4, 0.5) is 11.4 Å². The molecule has 0 aromatic heterocycles. The Morgan fingerprint density at radius 1 is 1.08 bits per heavy atom. The van der Waals surface area contributed by atoms with Crippen LogP contribution in [0.15, 0.2) is 48.5 Å². The second-order valence-corrected chi connectivity index (χ2v) is 6.59. The molecule has 4 N–H and O–H groups in total. The largest absolute Gasteiger partial charge is 0.475 e. The van der Waals surface area contributed by atoms with Crippen LogP contribution in [0.1, 0.15) is 31.7 Å². The van der Waals surface area contributed by atoms with Crippen molar-refractivity contribution in [2.45, 2.75) is 44.9 Å². The fourth-order valence-corrected chi connectivity index (χ4v) is 3.50. The minimum atomic E-state index is 0.0158. The lowest BCUT2D eigenvalue weighted by Crippen LogP contribution is -2.48. The molecule has 2 unspecified atom stereocenters. The number of hydrogen-bond donors (Lipinski definition) is 2. The number of hydrogen-bond acceptors (Lipinski definition) is 4. The van der Waals surface area contributed by atoms with Gasteiger partial charge in [0.2, 0.25) is 0 Å². The standard InChI is InChI=1S/C20H27N3O/c1-15(24-18-10-11-19(21)20(22)14-18)23-12-6-5-9-17(23)13-16-7-3-2-4-8-16/h2-4,7-8,10-11,14-15,17H,5-6,9,12-13,21-22H2,1H3. The average molecular weight is 325 g/mol. The second-order valence-electron chi connectivity index (χ2n) is 6.59. The fourth-order valence-electron chi connectivity index (χ4n) is 3.50. The van der Waals surface area contributed by atoms with E-state index in [0.29, 0.717) is 17.4 Å². The van der Waals surface area contributed by atoms with Gasteiger partial charge in [0.15, 0.2) is 0 Å². The van der Waals surface area contributed by atoms with Gasteiger partial charge >= 0.3 is 0 Å². The Hall–Kier alpha value is -2.20. The third kappa shape index (κ3) is 4.01. The number of likely N-dealkylation sites (tertiary alicyclic amines) is 1. The molecular weight excluding hydrogens is 298 g/mol. The van der Waals surface area contributed by atoms with Gasteiger partial charge in [0.25, 0.3) is 0 Å². The number of rotatable bonds is 5. The lowest BCUT2D eigenvalue weighted by molar-refractivity contribution is -0.0108. The first-order valence-electron chi connectivity index (χ1n) is 8.75. The van der Waals surface area contributed by atoms with E-state index in [0.717, 1.165) is 18.7 Å². The van der Waals surface area contributed by atoms with Crippen LogP contribution in [-0.2, 0) is 6.42 Å². The van der Waals surface area contributed by atoms with E-state index in [1.165, 1.54) is 24.8 Å². The molecule has 0 radical (unpaired) electrons. The van der Waals surface area contributed by atoms with E-state index in [1.54, 1.807) is 6.07 Å². The highest BCUT2D eigenvalue weighted by Gasteiger charge is 2.27. The molecular formula is C20H27N3O. The van der Waals surface area contributed by atoms with E-state index in [9.17, 15) is 0 Å². The first-order chi connectivity index (χ1) is 11.6. The van der Waals surface area contributed by atoms with Gasteiger partial charge in [-0.25, -0.2) is 0 Å². The van der Waals surface area contributed by atoms with Crippen molar-refractivity contribution < 1.29 is 4.74 Å². The van der Waals surface area contributed by atoms with Crippen LogP contribution < -0.4 is 16.2 Å². The molecule has 2 aromatic rings. The van der Waals surface area contributed by atoms with Crippen molar-refractivity contribution in [1.82, 2.24) is 4.90 Å². The maximum absolute atomic E-state index is 6.15. The summed E-state index contributed by atoms with van der Waals surface area (Å²) in [6.45, 7) is 3.19. The average Bonchev–Trinajstić information content (AvgIpc) is 2.59. The van der Waals surface area contributed by atoms with Gasteiger partial charge in [0.1, 0.15) is 12.0 Å². The number of nitrogen functional groups attached to an aromatic ring is 2. The van der Waals surface area contributed by atoms with Crippen LogP contribution in [0.5, 0.6) is 5.75 Å². The van der Waals surface area contributed by atoms with Gasteiger partial charge in [-0.2, -0.15) is 0 Å². The van der Waals surface area contributed by atoms with Crippen LogP contribution in [0.2, 0.25) is 0 Å². The topological polar surface area (TPSA) is 64.5 Å². The summed E-state index contributed by atoms with van der Waals surface area (Å²) in [7, 11) is 0. The Morgan fingerprint density at radius 2 is 1.88 bits per heavy atom. The molecule has 0 amide bonds. The maximum Gasteiger partial charge on any atom is 0.150 e. The lowest BCUT2D eigenvalue weighted by atomic mass is 9.95. The van der Waals surface area contributed by atoms with Gasteiger partial charge in [-0.15, -0.1) is 0 Å². The highest BCUT2D eigenvalue weighted by molar-refractivity contribution is 5.65. The van der Waals surface area contributed by atoms with Gasteiger partial charge < -0.3 is 16.2 Å². The fraction of sp³-hybridized carbons (Fsp3) is 0.400. The number of anilines is 2. The lowest BCUT2D eigenvalue weighted by Gasteiger charge is -2.39. The summed E-state index contributed by atoms with van der Waals surface area (Å²) in [6.07, 6.45) is 4.81. The summed E-state index contributed by atoms with van der Waals surface area (Å²) in [5, 5.41) is 0. The quantitative estimate of drug-likeness (QED) is 0.823. The van der Waals surface area contributed by atoms with Crippen molar-refractivity contribution in [2.75, 3.05) is 18.0 Å². The van der Waals surface area contributed by atoms with Gasteiger partial charge in [0, 0.05) is 18.7 Å². The first-order valence-corrected chi connectivity index (χ1v) is 8.75. The number of nitrogens with two attached hydrogens (primary N) is 2. The van der Waals surface area contributed by atoms with Crippen molar-refractivity contribution in [3.63, 3.8) is 0 Å². The molecule has 0 aliphatic carbocycles. The molecule has 2 aromatic carbocycles. The second kappa shape index (κ2) is 7.58. The van der Waals surface area contributed by atoms with Crippen LogP contribution in [0.3, 0.4) is 0 Å². The van der Waals surface area contributed by atoms with E-state index < -0.39 is 0 Å². The molecule has 1 heterocycles. The van der Waals surface area contributed by atoms with Gasteiger partial charge in [-0.3, -0.25) is 4.90 Å². The van der Waals surface area contributed by atoms with Crippen molar-refractivity contribution in [2.24, 2.45) is 0 Å². The Labute approximate surface area is 144 Å². The van der Waals surface area contributed by atoms with E-state index in [1.807, 2.05) is 12.1 Å². The molecule has 1 aliphatic rings. The number of nitrogens with zero attached hydrogens (tertiary/aromatic N) is 1. The van der Waals surface area contributed by atoms with E-state index in [-0.39, 0.29) is 6.23 Å². The van der Waals surface area contributed by atoms with E-state index >= 15 is 0 Å². The molecule has 1 aliphatic heterocycles. The zero-order valence-electron chi connectivity index (χ0n) is 14.3. The summed E-state index contributed by atoms with van der Waals surface area (Å²) in [4.78, 5) is 2.48.